The Balaban J connectivity index is 1.87. The number of carbonyl (C=O) groups is 1. The molecular weight excluding hydrogens is 370 g/mol. The van der Waals surface area contributed by atoms with Gasteiger partial charge in [-0.1, -0.05) is 6.07 Å². The van der Waals surface area contributed by atoms with E-state index in [2.05, 4.69) is 15.5 Å². The van der Waals surface area contributed by atoms with Crippen molar-refractivity contribution in [2.45, 2.75) is 0 Å². The summed E-state index contributed by atoms with van der Waals surface area (Å²) in [5.74, 6) is -1.19. The molecule has 0 aliphatic heterocycles. The maximum atomic E-state index is 12.1. The van der Waals surface area contributed by atoms with E-state index in [9.17, 15) is 30.1 Å². The summed E-state index contributed by atoms with van der Waals surface area (Å²) in [6, 6.07) is 9.19. The predicted octanol–water partition coefficient (Wildman–Crippen LogP) is 2.52. The van der Waals surface area contributed by atoms with Crippen molar-refractivity contribution in [2.24, 2.45) is 5.10 Å². The Morgan fingerprint density at radius 1 is 1.14 bits per heavy atom. The molecule has 0 aliphatic carbocycles. The minimum absolute atomic E-state index is 0.0276. The van der Waals surface area contributed by atoms with Crippen LogP contribution in [0.3, 0.4) is 0 Å². The van der Waals surface area contributed by atoms with Crippen LogP contribution in [0.5, 0.6) is 5.75 Å². The molecule has 11 heteroatoms. The van der Waals surface area contributed by atoms with Gasteiger partial charge >= 0.3 is 5.69 Å². The Labute approximate surface area is 156 Å². The van der Waals surface area contributed by atoms with Gasteiger partial charge in [0.05, 0.1) is 16.1 Å². The van der Waals surface area contributed by atoms with Gasteiger partial charge in [-0.25, -0.2) is 5.43 Å². The van der Waals surface area contributed by atoms with E-state index in [1.54, 1.807) is 12.1 Å². The third-order valence-corrected chi connectivity index (χ3v) is 3.78. The molecule has 0 fully saturated rings. The van der Waals surface area contributed by atoms with E-state index in [0.29, 0.717) is 5.39 Å². The van der Waals surface area contributed by atoms with Gasteiger partial charge in [0.15, 0.2) is 0 Å². The number of phenols is 1. The molecule has 0 spiro atoms. The molecular formula is C17H11N5O6. The highest BCUT2D eigenvalue weighted by Gasteiger charge is 2.20. The number of nitrogens with one attached hydrogen (secondary N) is 1. The average Bonchev–Trinajstić information content (AvgIpc) is 2.69. The SMILES string of the molecule is O=C(N/N=C\c1cc([N+](=O)[O-])c(O)c2ncccc12)c1ccc([N+](=O)[O-])cc1. The van der Waals surface area contributed by atoms with Crippen molar-refractivity contribution in [3.63, 3.8) is 0 Å². The maximum Gasteiger partial charge on any atom is 0.313 e. The first-order chi connectivity index (χ1) is 13.4. The number of aromatic hydroxyl groups is 1. The average molecular weight is 381 g/mol. The first-order valence-electron chi connectivity index (χ1n) is 7.71. The summed E-state index contributed by atoms with van der Waals surface area (Å²) in [4.78, 5) is 36.4. The first-order valence-corrected chi connectivity index (χ1v) is 7.71. The number of fused-ring (bicyclic) bond motifs is 1. The van der Waals surface area contributed by atoms with E-state index in [4.69, 9.17) is 0 Å². The van der Waals surface area contributed by atoms with Gasteiger partial charge in [0.1, 0.15) is 5.52 Å². The molecule has 28 heavy (non-hydrogen) atoms. The van der Waals surface area contributed by atoms with Gasteiger partial charge in [0, 0.05) is 40.9 Å². The number of hydrogen-bond donors (Lipinski definition) is 2. The van der Waals surface area contributed by atoms with Gasteiger partial charge in [-0.3, -0.25) is 30.0 Å². The zero-order valence-corrected chi connectivity index (χ0v) is 14.0. The highest BCUT2D eigenvalue weighted by molar-refractivity contribution is 6.03. The summed E-state index contributed by atoms with van der Waals surface area (Å²) in [5.41, 5.74) is 1.96. The van der Waals surface area contributed by atoms with Crippen molar-refractivity contribution in [1.29, 1.82) is 0 Å². The van der Waals surface area contributed by atoms with Gasteiger partial charge in [-0.05, 0) is 18.2 Å². The zero-order valence-electron chi connectivity index (χ0n) is 14.0. The summed E-state index contributed by atoms with van der Waals surface area (Å²) in [6.07, 6.45) is 2.56. The molecule has 1 aromatic heterocycles. The van der Waals surface area contributed by atoms with E-state index < -0.39 is 27.2 Å². The van der Waals surface area contributed by atoms with E-state index in [1.165, 1.54) is 36.7 Å². The largest absolute Gasteiger partial charge is 0.501 e. The van der Waals surface area contributed by atoms with E-state index in [-0.39, 0.29) is 22.3 Å². The second kappa shape index (κ2) is 7.45. The number of hydrazone groups is 1. The predicted molar refractivity (Wildman–Crippen MR) is 98.2 cm³/mol. The fraction of sp³-hybridized carbons (Fsp3) is 0. The number of nitrogens with zero attached hydrogens (tertiary/aromatic N) is 4. The highest BCUT2D eigenvalue weighted by atomic mass is 16.6. The second-order valence-corrected chi connectivity index (χ2v) is 5.49. The molecule has 3 aromatic rings. The smallest absolute Gasteiger partial charge is 0.313 e. The van der Waals surface area contributed by atoms with Gasteiger partial charge < -0.3 is 5.11 Å². The molecule has 0 aliphatic rings. The van der Waals surface area contributed by atoms with Crippen molar-refractivity contribution in [3.8, 4) is 5.75 Å². The van der Waals surface area contributed by atoms with Crippen molar-refractivity contribution < 1.29 is 19.7 Å². The van der Waals surface area contributed by atoms with Gasteiger partial charge in [0.2, 0.25) is 5.75 Å². The Bertz CT molecular complexity index is 1130. The molecule has 1 amide bonds. The number of amides is 1. The molecule has 0 atom stereocenters. The van der Waals surface area contributed by atoms with Crippen LogP contribution in [0.15, 0.2) is 53.8 Å². The summed E-state index contributed by atoms with van der Waals surface area (Å²) in [5, 5.41) is 35.9. The second-order valence-electron chi connectivity index (χ2n) is 5.49. The third-order valence-electron chi connectivity index (χ3n) is 3.78. The fourth-order valence-electron chi connectivity index (χ4n) is 2.45. The highest BCUT2D eigenvalue weighted by Crippen LogP contribution is 2.34. The van der Waals surface area contributed by atoms with Gasteiger partial charge in [-0.15, -0.1) is 0 Å². The Hall–Kier alpha value is -4.41. The molecule has 0 saturated carbocycles. The molecule has 140 valence electrons. The van der Waals surface area contributed by atoms with Crippen LogP contribution in [-0.2, 0) is 0 Å². The fourth-order valence-corrected chi connectivity index (χ4v) is 2.45. The Kier molecular flexibility index (Phi) is 4.89. The Morgan fingerprint density at radius 3 is 2.50 bits per heavy atom. The minimum atomic E-state index is -0.754. The number of nitro groups is 2. The lowest BCUT2D eigenvalue weighted by Crippen LogP contribution is -2.17. The number of non-ortho nitro benzene ring substituents is 1. The number of hydrogen-bond acceptors (Lipinski definition) is 8. The molecule has 11 nitrogen and oxygen atoms in total. The minimum Gasteiger partial charge on any atom is -0.501 e. The normalized spacial score (nSPS) is 10.9. The lowest BCUT2D eigenvalue weighted by Gasteiger charge is -2.05. The first kappa shape index (κ1) is 18.4. The topological polar surface area (TPSA) is 161 Å². The standard InChI is InChI=1S/C17H11N5O6/c23-16-14(22(27)28)8-11(13-2-1-7-18-15(13)16)9-19-20-17(24)10-3-5-12(6-4-10)21(25)26/h1-9,23H,(H,20,24)/b19-9-. The van der Waals surface area contributed by atoms with Crippen molar-refractivity contribution in [2.75, 3.05) is 0 Å². The lowest BCUT2D eigenvalue weighted by atomic mass is 10.1. The molecule has 0 bridgehead atoms. The van der Waals surface area contributed by atoms with Crippen LogP contribution < -0.4 is 5.43 Å². The number of aromatic nitrogens is 1. The molecule has 0 saturated heterocycles. The number of pyridine rings is 1. The number of phenolic OH excluding ortho intramolecular Hbond substituents is 1. The van der Waals surface area contributed by atoms with Crippen LogP contribution >= 0.6 is 0 Å². The van der Waals surface area contributed by atoms with E-state index >= 15 is 0 Å². The summed E-state index contributed by atoms with van der Waals surface area (Å²) in [6.45, 7) is 0. The summed E-state index contributed by atoms with van der Waals surface area (Å²) < 4.78 is 0. The number of benzene rings is 2. The van der Waals surface area contributed by atoms with Crippen LogP contribution in [0.1, 0.15) is 15.9 Å². The van der Waals surface area contributed by atoms with E-state index in [1.807, 2.05) is 0 Å². The molecule has 2 N–H and O–H groups in total. The van der Waals surface area contributed by atoms with Gasteiger partial charge in [0.25, 0.3) is 11.6 Å². The van der Waals surface area contributed by atoms with Crippen LogP contribution in [0.2, 0.25) is 0 Å². The Morgan fingerprint density at radius 2 is 1.86 bits per heavy atom. The van der Waals surface area contributed by atoms with Crippen LogP contribution in [0, 0.1) is 20.2 Å². The van der Waals surface area contributed by atoms with Crippen molar-refractivity contribution >= 4 is 34.4 Å². The van der Waals surface area contributed by atoms with Crippen LogP contribution in [0.4, 0.5) is 11.4 Å². The zero-order chi connectivity index (χ0) is 20.3. The summed E-state index contributed by atoms with van der Waals surface area (Å²) in [7, 11) is 0. The molecule has 1 heterocycles. The van der Waals surface area contributed by atoms with Gasteiger partial charge in [-0.2, -0.15) is 5.10 Å². The summed E-state index contributed by atoms with van der Waals surface area (Å²) >= 11 is 0. The lowest BCUT2D eigenvalue weighted by molar-refractivity contribution is -0.385. The number of carbonyl (C=O) groups excluding carboxylic acids is 1. The van der Waals surface area contributed by atoms with Crippen LogP contribution in [0.25, 0.3) is 10.9 Å². The van der Waals surface area contributed by atoms with E-state index in [0.717, 1.165) is 6.07 Å². The van der Waals surface area contributed by atoms with Crippen LogP contribution in [-0.4, -0.2) is 32.1 Å². The monoisotopic (exact) mass is 381 g/mol. The molecule has 2 aromatic carbocycles. The van der Waals surface area contributed by atoms with Crippen molar-refractivity contribution in [3.05, 3.63) is 80.0 Å². The molecule has 0 unspecified atom stereocenters. The quantitative estimate of drug-likeness (QED) is 0.390. The van der Waals surface area contributed by atoms with Crippen molar-refractivity contribution in [1.82, 2.24) is 10.4 Å². The molecule has 0 radical (unpaired) electrons. The maximum absolute atomic E-state index is 12.1. The number of rotatable bonds is 5. The molecule has 3 rings (SSSR count). The number of nitro benzene ring substituents is 2. The third kappa shape index (κ3) is 3.58.